The molecule has 0 unspecified atom stereocenters. The maximum absolute atomic E-state index is 12.9. The Morgan fingerprint density at radius 2 is 1.76 bits per heavy atom. The number of amides is 2. The Hall–Kier alpha value is -2.89. The van der Waals surface area contributed by atoms with Crippen LogP contribution in [-0.4, -0.2) is 36.4 Å². The molecular formula is C19H21FN2O3. The van der Waals surface area contributed by atoms with E-state index in [1.807, 2.05) is 25.1 Å². The number of hydrogen-bond acceptors (Lipinski definition) is 3. The van der Waals surface area contributed by atoms with Crippen LogP contribution in [-0.2, 0) is 9.59 Å². The minimum atomic E-state index is -0.661. The molecule has 132 valence electrons. The molecule has 0 saturated heterocycles. The third-order valence-electron chi connectivity index (χ3n) is 3.55. The van der Waals surface area contributed by atoms with Crippen LogP contribution in [0.5, 0.6) is 5.75 Å². The molecule has 1 atom stereocenters. The van der Waals surface area contributed by atoms with Crippen LogP contribution in [0.3, 0.4) is 0 Å². The number of ether oxygens (including phenoxy) is 1. The van der Waals surface area contributed by atoms with Crippen LogP contribution < -0.4 is 10.1 Å². The molecular weight excluding hydrogens is 323 g/mol. The number of halogens is 1. The summed E-state index contributed by atoms with van der Waals surface area (Å²) >= 11 is 0. The average Bonchev–Trinajstić information content (AvgIpc) is 2.61. The predicted molar refractivity (Wildman–Crippen MR) is 93.8 cm³/mol. The number of rotatable bonds is 7. The van der Waals surface area contributed by atoms with Gasteiger partial charge in [-0.3, -0.25) is 9.59 Å². The minimum Gasteiger partial charge on any atom is -0.481 e. The molecule has 25 heavy (non-hydrogen) atoms. The third kappa shape index (κ3) is 5.60. The molecule has 0 aliphatic heterocycles. The summed E-state index contributed by atoms with van der Waals surface area (Å²) in [6.45, 7) is 1.72. The summed E-state index contributed by atoms with van der Waals surface area (Å²) < 4.78 is 18.6. The van der Waals surface area contributed by atoms with E-state index in [0.29, 0.717) is 17.9 Å². The van der Waals surface area contributed by atoms with Crippen molar-refractivity contribution in [3.05, 3.63) is 60.4 Å². The average molecular weight is 344 g/mol. The fourth-order valence-electron chi connectivity index (χ4n) is 2.24. The highest BCUT2D eigenvalue weighted by Gasteiger charge is 2.23. The zero-order valence-electron chi connectivity index (χ0n) is 14.2. The van der Waals surface area contributed by atoms with Gasteiger partial charge in [-0.25, -0.2) is 4.39 Å². The molecule has 0 aliphatic carbocycles. The Morgan fingerprint density at radius 3 is 2.36 bits per heavy atom. The molecule has 2 aromatic carbocycles. The number of benzene rings is 2. The molecule has 0 saturated carbocycles. The number of carbonyl (C=O) groups excluding carboxylic acids is 2. The van der Waals surface area contributed by atoms with Gasteiger partial charge in [-0.15, -0.1) is 0 Å². The van der Waals surface area contributed by atoms with Crippen molar-refractivity contribution in [3.8, 4) is 5.75 Å². The summed E-state index contributed by atoms with van der Waals surface area (Å²) in [6.07, 6.45) is -0.177. The van der Waals surface area contributed by atoms with Gasteiger partial charge in [0.05, 0.1) is 6.54 Å². The Labute approximate surface area is 146 Å². The lowest BCUT2D eigenvalue weighted by molar-refractivity contribution is -0.139. The topological polar surface area (TPSA) is 58.6 Å². The van der Waals surface area contributed by atoms with Gasteiger partial charge in [0, 0.05) is 12.7 Å². The lowest BCUT2D eigenvalue weighted by Gasteiger charge is -2.23. The Kier molecular flexibility index (Phi) is 6.51. The number of nitrogens with zero attached hydrogens (tertiary/aromatic N) is 1. The molecule has 5 nitrogen and oxygen atoms in total. The first kappa shape index (κ1) is 18.4. The summed E-state index contributed by atoms with van der Waals surface area (Å²) in [5.74, 6) is -0.418. The number of anilines is 1. The van der Waals surface area contributed by atoms with Crippen LogP contribution in [0.2, 0.25) is 0 Å². The van der Waals surface area contributed by atoms with E-state index in [4.69, 9.17) is 4.74 Å². The van der Waals surface area contributed by atoms with Crippen molar-refractivity contribution in [2.45, 2.75) is 19.4 Å². The Bertz CT molecular complexity index is 704. The van der Waals surface area contributed by atoms with Crippen molar-refractivity contribution in [3.63, 3.8) is 0 Å². The molecule has 0 heterocycles. The van der Waals surface area contributed by atoms with E-state index in [1.54, 1.807) is 19.2 Å². The van der Waals surface area contributed by atoms with Crippen molar-refractivity contribution in [2.75, 3.05) is 18.9 Å². The van der Waals surface area contributed by atoms with Gasteiger partial charge in [-0.1, -0.05) is 25.1 Å². The minimum absolute atomic E-state index is 0.120. The molecule has 0 bridgehead atoms. The largest absolute Gasteiger partial charge is 0.481 e. The first-order valence-corrected chi connectivity index (χ1v) is 8.01. The van der Waals surface area contributed by atoms with E-state index in [-0.39, 0.29) is 24.2 Å². The molecule has 0 spiro atoms. The summed E-state index contributed by atoms with van der Waals surface area (Å²) in [5, 5.41) is 2.62. The third-order valence-corrected chi connectivity index (χ3v) is 3.55. The standard InChI is InChI=1S/C19H21FN2O3/c1-3-17(25-16-7-5-4-6-8-16)19(24)22(2)13-18(23)21-15-11-9-14(20)10-12-15/h4-12,17H,3,13H2,1-2H3,(H,21,23)/t17-/m0/s1. The van der Waals surface area contributed by atoms with E-state index in [1.165, 1.54) is 29.2 Å². The molecule has 2 rings (SSSR count). The van der Waals surface area contributed by atoms with Crippen LogP contribution >= 0.6 is 0 Å². The van der Waals surface area contributed by atoms with E-state index < -0.39 is 6.10 Å². The Morgan fingerprint density at radius 1 is 1.12 bits per heavy atom. The van der Waals surface area contributed by atoms with Crippen LogP contribution in [0.15, 0.2) is 54.6 Å². The normalized spacial score (nSPS) is 11.5. The van der Waals surface area contributed by atoms with Gasteiger partial charge in [0.15, 0.2) is 6.10 Å². The Balaban J connectivity index is 1.91. The van der Waals surface area contributed by atoms with Crippen LogP contribution in [0.25, 0.3) is 0 Å². The van der Waals surface area contributed by atoms with Gasteiger partial charge < -0.3 is 15.0 Å². The number of carbonyl (C=O) groups is 2. The molecule has 1 N–H and O–H groups in total. The first-order chi connectivity index (χ1) is 12.0. The summed E-state index contributed by atoms with van der Waals surface area (Å²) in [4.78, 5) is 25.8. The van der Waals surface area contributed by atoms with Crippen LogP contribution in [0.4, 0.5) is 10.1 Å². The summed E-state index contributed by atoms with van der Waals surface area (Å²) in [5.41, 5.74) is 0.472. The lowest BCUT2D eigenvalue weighted by Crippen LogP contribution is -2.43. The molecule has 0 aliphatic rings. The fraction of sp³-hybridized carbons (Fsp3) is 0.263. The predicted octanol–water partition coefficient (Wildman–Crippen LogP) is 3.08. The van der Waals surface area contributed by atoms with Gasteiger partial charge in [0.25, 0.3) is 5.91 Å². The molecule has 2 amide bonds. The number of para-hydroxylation sites is 1. The quantitative estimate of drug-likeness (QED) is 0.840. The molecule has 6 heteroatoms. The second-order valence-electron chi connectivity index (χ2n) is 5.58. The molecule has 0 aromatic heterocycles. The second kappa shape index (κ2) is 8.82. The van der Waals surface area contributed by atoms with E-state index >= 15 is 0 Å². The van der Waals surface area contributed by atoms with Gasteiger partial charge in [0.2, 0.25) is 5.91 Å². The summed E-state index contributed by atoms with van der Waals surface area (Å²) in [6, 6.07) is 14.5. The van der Waals surface area contributed by atoms with Crippen molar-refractivity contribution in [1.29, 1.82) is 0 Å². The number of likely N-dealkylation sites (N-methyl/N-ethyl adjacent to an activating group) is 1. The highest BCUT2D eigenvalue weighted by atomic mass is 19.1. The van der Waals surface area contributed by atoms with E-state index in [2.05, 4.69) is 5.32 Å². The second-order valence-corrected chi connectivity index (χ2v) is 5.58. The number of nitrogens with one attached hydrogen (secondary N) is 1. The highest BCUT2D eigenvalue weighted by Crippen LogP contribution is 2.14. The van der Waals surface area contributed by atoms with Crippen LogP contribution in [0.1, 0.15) is 13.3 Å². The molecule has 2 aromatic rings. The van der Waals surface area contributed by atoms with Gasteiger partial charge in [0.1, 0.15) is 11.6 Å². The van der Waals surface area contributed by atoms with Crippen molar-refractivity contribution < 1.29 is 18.7 Å². The molecule has 0 radical (unpaired) electrons. The lowest BCUT2D eigenvalue weighted by atomic mass is 10.2. The van der Waals surface area contributed by atoms with E-state index in [9.17, 15) is 14.0 Å². The van der Waals surface area contributed by atoms with Crippen molar-refractivity contribution in [2.24, 2.45) is 0 Å². The van der Waals surface area contributed by atoms with Gasteiger partial charge >= 0.3 is 0 Å². The smallest absolute Gasteiger partial charge is 0.263 e. The van der Waals surface area contributed by atoms with Crippen LogP contribution in [0, 0.1) is 5.82 Å². The SMILES string of the molecule is CC[C@H](Oc1ccccc1)C(=O)N(C)CC(=O)Nc1ccc(F)cc1. The zero-order chi connectivity index (χ0) is 18.2. The maximum Gasteiger partial charge on any atom is 0.263 e. The van der Waals surface area contributed by atoms with Crippen molar-refractivity contribution >= 4 is 17.5 Å². The van der Waals surface area contributed by atoms with E-state index in [0.717, 1.165) is 0 Å². The van der Waals surface area contributed by atoms with Gasteiger partial charge in [-0.2, -0.15) is 0 Å². The van der Waals surface area contributed by atoms with Crippen molar-refractivity contribution in [1.82, 2.24) is 4.90 Å². The molecule has 0 fully saturated rings. The maximum atomic E-state index is 12.9. The summed E-state index contributed by atoms with van der Waals surface area (Å²) in [7, 11) is 1.55. The number of hydrogen-bond donors (Lipinski definition) is 1. The highest BCUT2D eigenvalue weighted by molar-refractivity contribution is 5.95. The fourth-order valence-corrected chi connectivity index (χ4v) is 2.24. The zero-order valence-corrected chi connectivity index (χ0v) is 14.2. The van der Waals surface area contributed by atoms with Gasteiger partial charge in [-0.05, 0) is 42.8 Å². The monoisotopic (exact) mass is 344 g/mol. The first-order valence-electron chi connectivity index (χ1n) is 8.01.